The fourth-order valence-electron chi connectivity index (χ4n) is 3.15. The van der Waals surface area contributed by atoms with Crippen molar-refractivity contribution in [2.24, 2.45) is 0 Å². The number of piperidine rings is 1. The highest BCUT2D eigenvalue weighted by Crippen LogP contribution is 2.44. The van der Waals surface area contributed by atoms with Gasteiger partial charge in [-0.1, -0.05) is 13.3 Å². The van der Waals surface area contributed by atoms with Gasteiger partial charge in [-0.15, -0.1) is 0 Å². The van der Waals surface area contributed by atoms with Gasteiger partial charge in [-0.25, -0.2) is 0 Å². The first-order valence-electron chi connectivity index (χ1n) is 7.65. The molecule has 1 fully saturated rings. The Morgan fingerprint density at radius 2 is 2.00 bits per heavy atom. The van der Waals surface area contributed by atoms with Crippen LogP contribution >= 0.6 is 15.9 Å². The van der Waals surface area contributed by atoms with E-state index >= 15 is 0 Å². The molecule has 0 saturated carbocycles. The first kappa shape index (κ1) is 14.2. The molecule has 1 saturated heterocycles. The van der Waals surface area contributed by atoms with Crippen LogP contribution in [0.2, 0.25) is 0 Å². The zero-order valence-electron chi connectivity index (χ0n) is 12.0. The third-order valence-electron chi connectivity index (χ3n) is 4.15. The average molecular weight is 340 g/mol. The van der Waals surface area contributed by atoms with Crippen LogP contribution in [0, 0.1) is 0 Å². The Morgan fingerprint density at radius 1 is 1.20 bits per heavy atom. The molecule has 0 amide bonds. The second-order valence-electron chi connectivity index (χ2n) is 5.49. The van der Waals surface area contributed by atoms with E-state index in [1.165, 1.54) is 30.4 Å². The Labute approximate surface area is 129 Å². The second kappa shape index (κ2) is 6.35. The Morgan fingerprint density at radius 3 is 2.70 bits per heavy atom. The van der Waals surface area contributed by atoms with E-state index in [-0.39, 0.29) is 0 Å². The molecule has 2 aliphatic heterocycles. The fourth-order valence-corrected chi connectivity index (χ4v) is 3.69. The summed E-state index contributed by atoms with van der Waals surface area (Å²) in [5, 5.41) is 3.64. The molecule has 3 rings (SSSR count). The van der Waals surface area contributed by atoms with E-state index in [9.17, 15) is 0 Å². The van der Waals surface area contributed by atoms with Gasteiger partial charge in [0.2, 0.25) is 0 Å². The number of rotatable bonds is 2. The van der Waals surface area contributed by atoms with Crippen LogP contribution < -0.4 is 14.8 Å². The summed E-state index contributed by atoms with van der Waals surface area (Å²) in [5.41, 5.74) is 2.69. The van der Waals surface area contributed by atoms with Gasteiger partial charge in [0.05, 0.1) is 17.7 Å². The van der Waals surface area contributed by atoms with Crippen molar-refractivity contribution in [3.05, 3.63) is 21.7 Å². The van der Waals surface area contributed by atoms with Gasteiger partial charge in [-0.05, 0) is 53.4 Å². The lowest BCUT2D eigenvalue weighted by atomic mass is 9.91. The summed E-state index contributed by atoms with van der Waals surface area (Å²) in [6.07, 6.45) is 5.71. The lowest BCUT2D eigenvalue weighted by Crippen LogP contribution is -2.27. The van der Waals surface area contributed by atoms with E-state index in [4.69, 9.17) is 9.47 Å². The number of ether oxygens (including phenoxy) is 2. The van der Waals surface area contributed by atoms with E-state index in [1.807, 2.05) is 0 Å². The summed E-state index contributed by atoms with van der Waals surface area (Å²) in [6.45, 7) is 4.79. The first-order chi connectivity index (χ1) is 9.81. The molecule has 110 valence electrons. The molecule has 0 aliphatic carbocycles. The van der Waals surface area contributed by atoms with Crippen molar-refractivity contribution < 1.29 is 9.47 Å². The predicted molar refractivity (Wildman–Crippen MR) is 83.7 cm³/mol. The number of hydrogen-bond acceptors (Lipinski definition) is 3. The summed E-state index contributed by atoms with van der Waals surface area (Å²) < 4.78 is 12.9. The van der Waals surface area contributed by atoms with Crippen molar-refractivity contribution in [3.63, 3.8) is 0 Å². The van der Waals surface area contributed by atoms with Crippen molar-refractivity contribution in [2.45, 2.75) is 45.1 Å². The summed E-state index contributed by atoms with van der Waals surface area (Å²) in [6, 6.07) is 2.68. The van der Waals surface area contributed by atoms with Gasteiger partial charge >= 0.3 is 0 Å². The molecule has 0 aromatic heterocycles. The molecule has 1 N–H and O–H groups in total. The normalized spacial score (nSPS) is 22.4. The van der Waals surface area contributed by atoms with Gasteiger partial charge in [0.15, 0.2) is 11.5 Å². The van der Waals surface area contributed by atoms with Crippen molar-refractivity contribution >= 4 is 15.9 Å². The van der Waals surface area contributed by atoms with Crippen LogP contribution in [-0.4, -0.2) is 19.8 Å². The van der Waals surface area contributed by atoms with Gasteiger partial charge in [-0.3, -0.25) is 0 Å². The van der Waals surface area contributed by atoms with E-state index in [0.29, 0.717) is 6.04 Å². The molecular formula is C16H22BrNO2. The quantitative estimate of drug-likeness (QED) is 0.883. The Hall–Kier alpha value is -0.740. The minimum absolute atomic E-state index is 0.451. The molecule has 1 unspecified atom stereocenters. The third-order valence-corrected chi connectivity index (χ3v) is 4.74. The maximum atomic E-state index is 6.00. The summed E-state index contributed by atoms with van der Waals surface area (Å²) in [5.74, 6) is 1.85. The molecule has 2 heterocycles. The highest BCUT2D eigenvalue weighted by Gasteiger charge is 2.25. The minimum Gasteiger partial charge on any atom is -0.489 e. The fraction of sp³-hybridized carbons (Fsp3) is 0.625. The van der Waals surface area contributed by atoms with Crippen LogP contribution in [0.5, 0.6) is 11.5 Å². The van der Waals surface area contributed by atoms with E-state index in [1.54, 1.807) is 0 Å². The minimum atomic E-state index is 0.451. The van der Waals surface area contributed by atoms with E-state index in [0.717, 1.165) is 48.6 Å². The van der Waals surface area contributed by atoms with Crippen molar-refractivity contribution in [1.82, 2.24) is 5.32 Å². The Balaban J connectivity index is 2.05. The maximum Gasteiger partial charge on any atom is 0.175 e. The van der Waals surface area contributed by atoms with Crippen molar-refractivity contribution in [1.29, 1.82) is 0 Å². The first-order valence-corrected chi connectivity index (χ1v) is 8.44. The maximum absolute atomic E-state index is 6.00. The van der Waals surface area contributed by atoms with Crippen molar-refractivity contribution in [2.75, 3.05) is 19.8 Å². The van der Waals surface area contributed by atoms with Gasteiger partial charge in [-0.2, -0.15) is 0 Å². The third kappa shape index (κ3) is 2.68. The second-order valence-corrected chi connectivity index (χ2v) is 6.35. The molecule has 1 aromatic rings. The van der Waals surface area contributed by atoms with Crippen LogP contribution in [0.4, 0.5) is 0 Å². The molecule has 20 heavy (non-hydrogen) atoms. The van der Waals surface area contributed by atoms with Crippen LogP contribution in [0.15, 0.2) is 10.5 Å². The topological polar surface area (TPSA) is 30.5 Å². The highest BCUT2D eigenvalue weighted by atomic mass is 79.9. The monoisotopic (exact) mass is 339 g/mol. The molecule has 1 aromatic carbocycles. The molecular weight excluding hydrogens is 318 g/mol. The summed E-state index contributed by atoms with van der Waals surface area (Å²) in [4.78, 5) is 0. The standard InChI is InChI=1S/C16H22BrNO2/c1-2-11-12(14-6-3-4-7-18-14)10-13(17)16-15(11)19-8-5-9-20-16/h10,14,18H,2-9H2,1H3. The lowest BCUT2D eigenvalue weighted by Gasteiger charge is -2.27. The van der Waals surface area contributed by atoms with Crippen LogP contribution in [-0.2, 0) is 6.42 Å². The zero-order chi connectivity index (χ0) is 13.9. The molecule has 0 bridgehead atoms. The number of hydrogen-bond donors (Lipinski definition) is 1. The van der Waals surface area contributed by atoms with Crippen LogP contribution in [0.3, 0.4) is 0 Å². The van der Waals surface area contributed by atoms with E-state index < -0.39 is 0 Å². The molecule has 2 aliphatic rings. The zero-order valence-corrected chi connectivity index (χ0v) is 13.6. The number of benzene rings is 1. The van der Waals surface area contributed by atoms with Crippen LogP contribution in [0.1, 0.15) is 49.8 Å². The van der Waals surface area contributed by atoms with Gasteiger partial charge in [0, 0.05) is 18.0 Å². The molecule has 0 spiro atoms. The highest BCUT2D eigenvalue weighted by molar-refractivity contribution is 9.10. The molecule has 0 radical (unpaired) electrons. The predicted octanol–water partition coefficient (Wildman–Crippen LogP) is 3.99. The van der Waals surface area contributed by atoms with Crippen molar-refractivity contribution in [3.8, 4) is 11.5 Å². The molecule has 1 atom stereocenters. The number of fused-ring (bicyclic) bond motifs is 1. The van der Waals surface area contributed by atoms with Gasteiger partial charge in [0.1, 0.15) is 0 Å². The van der Waals surface area contributed by atoms with E-state index in [2.05, 4.69) is 34.2 Å². The largest absolute Gasteiger partial charge is 0.489 e. The van der Waals surface area contributed by atoms with Gasteiger partial charge < -0.3 is 14.8 Å². The molecule has 4 heteroatoms. The summed E-state index contributed by atoms with van der Waals surface area (Å²) in [7, 11) is 0. The Kier molecular flexibility index (Phi) is 4.51. The van der Waals surface area contributed by atoms with Gasteiger partial charge in [0.25, 0.3) is 0 Å². The molecule has 3 nitrogen and oxygen atoms in total. The SMILES string of the molecule is CCc1c(C2CCCCN2)cc(Br)c2c1OCCCO2. The number of halogens is 1. The van der Waals surface area contributed by atoms with Crippen LogP contribution in [0.25, 0.3) is 0 Å². The lowest BCUT2D eigenvalue weighted by molar-refractivity contribution is 0.295. The number of nitrogens with one attached hydrogen (secondary N) is 1. The average Bonchev–Trinajstić information content (AvgIpc) is 2.74. The smallest absolute Gasteiger partial charge is 0.175 e. The Bertz CT molecular complexity index is 484. The summed E-state index contributed by atoms with van der Waals surface area (Å²) >= 11 is 3.66.